The van der Waals surface area contributed by atoms with Crippen molar-refractivity contribution in [1.82, 2.24) is 10.3 Å². The normalized spacial score (nSPS) is 11.1. The summed E-state index contributed by atoms with van der Waals surface area (Å²) < 4.78 is 0. The average molecular weight is 223 g/mol. The highest BCUT2D eigenvalue weighted by Gasteiger charge is 2.09. The van der Waals surface area contributed by atoms with E-state index >= 15 is 0 Å². The van der Waals surface area contributed by atoms with Crippen LogP contribution in [0.4, 0.5) is 0 Å². The SMILES string of the molecule is CNCCc1c(C)[nH]c2c(Cl)cccc12. The van der Waals surface area contributed by atoms with Crippen molar-refractivity contribution in [3.8, 4) is 0 Å². The van der Waals surface area contributed by atoms with E-state index in [0.717, 1.165) is 23.5 Å². The molecule has 1 heterocycles. The molecule has 0 aliphatic carbocycles. The van der Waals surface area contributed by atoms with E-state index in [-0.39, 0.29) is 0 Å². The zero-order valence-corrected chi connectivity index (χ0v) is 9.78. The average Bonchev–Trinajstić information content (AvgIpc) is 2.54. The van der Waals surface area contributed by atoms with Gasteiger partial charge in [0.25, 0.3) is 0 Å². The first-order chi connectivity index (χ1) is 7.24. The third-order valence-electron chi connectivity index (χ3n) is 2.73. The molecule has 15 heavy (non-hydrogen) atoms. The van der Waals surface area contributed by atoms with Crippen molar-refractivity contribution in [1.29, 1.82) is 0 Å². The Labute approximate surface area is 94.6 Å². The van der Waals surface area contributed by atoms with E-state index in [2.05, 4.69) is 23.3 Å². The molecule has 0 saturated carbocycles. The molecule has 0 atom stereocenters. The Morgan fingerprint density at radius 1 is 1.40 bits per heavy atom. The number of hydrogen-bond acceptors (Lipinski definition) is 1. The minimum atomic E-state index is 0.798. The molecular formula is C12H15ClN2. The Morgan fingerprint density at radius 3 is 2.93 bits per heavy atom. The van der Waals surface area contributed by atoms with E-state index in [4.69, 9.17) is 11.6 Å². The fourth-order valence-electron chi connectivity index (χ4n) is 1.94. The van der Waals surface area contributed by atoms with Crippen LogP contribution in [0.2, 0.25) is 5.02 Å². The molecule has 2 rings (SSSR count). The van der Waals surface area contributed by atoms with Gasteiger partial charge in [0.1, 0.15) is 0 Å². The van der Waals surface area contributed by atoms with E-state index in [1.807, 2.05) is 19.2 Å². The van der Waals surface area contributed by atoms with E-state index in [1.165, 1.54) is 16.6 Å². The Bertz CT molecular complexity index is 474. The van der Waals surface area contributed by atoms with Crippen LogP contribution in [-0.2, 0) is 6.42 Å². The highest BCUT2D eigenvalue weighted by Crippen LogP contribution is 2.27. The predicted octanol–water partition coefficient (Wildman–Crippen LogP) is 2.89. The standard InChI is InChI=1S/C12H15ClN2/c1-8-9(6-7-14-2)10-4-3-5-11(13)12(10)15-8/h3-5,14-15H,6-7H2,1-2H3. The van der Waals surface area contributed by atoms with Crippen LogP contribution in [-0.4, -0.2) is 18.6 Å². The molecule has 0 amide bonds. The smallest absolute Gasteiger partial charge is 0.0648 e. The number of rotatable bonds is 3. The maximum Gasteiger partial charge on any atom is 0.0648 e. The zero-order valence-electron chi connectivity index (χ0n) is 9.02. The number of H-pyrrole nitrogens is 1. The van der Waals surface area contributed by atoms with Crippen LogP contribution < -0.4 is 5.32 Å². The number of benzene rings is 1. The summed E-state index contributed by atoms with van der Waals surface area (Å²) in [7, 11) is 1.97. The van der Waals surface area contributed by atoms with E-state index in [1.54, 1.807) is 0 Å². The van der Waals surface area contributed by atoms with Crippen molar-refractivity contribution in [2.75, 3.05) is 13.6 Å². The molecule has 0 aliphatic rings. The summed E-state index contributed by atoms with van der Waals surface area (Å²) in [5.41, 5.74) is 3.64. The van der Waals surface area contributed by atoms with Crippen molar-refractivity contribution in [2.45, 2.75) is 13.3 Å². The Balaban J connectivity index is 2.53. The zero-order chi connectivity index (χ0) is 10.8. The fraction of sp³-hybridized carbons (Fsp3) is 0.333. The maximum atomic E-state index is 6.13. The summed E-state index contributed by atoms with van der Waals surface area (Å²) in [6.07, 6.45) is 1.03. The van der Waals surface area contributed by atoms with Gasteiger partial charge >= 0.3 is 0 Å². The first-order valence-electron chi connectivity index (χ1n) is 5.14. The molecule has 0 aliphatic heterocycles. The molecule has 0 spiro atoms. The lowest BCUT2D eigenvalue weighted by Crippen LogP contribution is -2.10. The number of halogens is 1. The maximum absolute atomic E-state index is 6.13. The molecule has 2 aromatic rings. The number of likely N-dealkylation sites (N-methyl/N-ethyl adjacent to an activating group) is 1. The molecule has 2 nitrogen and oxygen atoms in total. The van der Waals surface area contributed by atoms with Crippen LogP contribution in [0.1, 0.15) is 11.3 Å². The lowest BCUT2D eigenvalue weighted by atomic mass is 10.1. The number of aryl methyl sites for hydroxylation is 1. The predicted molar refractivity (Wildman–Crippen MR) is 65.7 cm³/mol. The van der Waals surface area contributed by atoms with Crippen molar-refractivity contribution in [3.63, 3.8) is 0 Å². The van der Waals surface area contributed by atoms with Crippen molar-refractivity contribution < 1.29 is 0 Å². The Kier molecular flexibility index (Phi) is 2.98. The van der Waals surface area contributed by atoms with Gasteiger partial charge in [0.2, 0.25) is 0 Å². The molecule has 2 N–H and O–H groups in total. The van der Waals surface area contributed by atoms with Gasteiger partial charge in [-0.05, 0) is 38.6 Å². The Morgan fingerprint density at radius 2 is 2.20 bits per heavy atom. The van der Waals surface area contributed by atoms with Crippen LogP contribution in [0.25, 0.3) is 10.9 Å². The van der Waals surface area contributed by atoms with Crippen LogP contribution >= 0.6 is 11.6 Å². The van der Waals surface area contributed by atoms with Gasteiger partial charge in [-0.15, -0.1) is 0 Å². The van der Waals surface area contributed by atoms with Gasteiger partial charge in [-0.3, -0.25) is 0 Å². The van der Waals surface area contributed by atoms with Crippen molar-refractivity contribution >= 4 is 22.5 Å². The molecule has 0 radical (unpaired) electrons. The first-order valence-corrected chi connectivity index (χ1v) is 5.52. The molecule has 1 aromatic heterocycles. The summed E-state index contributed by atoms with van der Waals surface area (Å²) in [5.74, 6) is 0. The van der Waals surface area contributed by atoms with Crippen LogP contribution in [0.5, 0.6) is 0 Å². The lowest BCUT2D eigenvalue weighted by molar-refractivity contribution is 0.791. The van der Waals surface area contributed by atoms with E-state index < -0.39 is 0 Å². The van der Waals surface area contributed by atoms with Gasteiger partial charge < -0.3 is 10.3 Å². The fourth-order valence-corrected chi connectivity index (χ4v) is 2.16. The molecular weight excluding hydrogens is 208 g/mol. The second-order valence-electron chi connectivity index (χ2n) is 3.74. The quantitative estimate of drug-likeness (QED) is 0.821. The van der Waals surface area contributed by atoms with E-state index in [0.29, 0.717) is 0 Å². The highest BCUT2D eigenvalue weighted by molar-refractivity contribution is 6.35. The summed E-state index contributed by atoms with van der Waals surface area (Å²) in [4.78, 5) is 3.34. The number of para-hydroxylation sites is 1. The van der Waals surface area contributed by atoms with Crippen molar-refractivity contribution in [3.05, 3.63) is 34.5 Å². The van der Waals surface area contributed by atoms with Crippen LogP contribution in [0.3, 0.4) is 0 Å². The van der Waals surface area contributed by atoms with Gasteiger partial charge in [0.05, 0.1) is 10.5 Å². The van der Waals surface area contributed by atoms with Gasteiger partial charge in [0.15, 0.2) is 0 Å². The summed E-state index contributed by atoms with van der Waals surface area (Å²) in [6, 6.07) is 6.04. The molecule has 80 valence electrons. The third kappa shape index (κ3) is 1.87. The Hall–Kier alpha value is -0.990. The first kappa shape index (κ1) is 10.5. The summed E-state index contributed by atoms with van der Waals surface area (Å²) in [5, 5.41) is 5.21. The number of fused-ring (bicyclic) bond motifs is 1. The third-order valence-corrected chi connectivity index (χ3v) is 3.04. The molecule has 0 unspecified atom stereocenters. The minimum Gasteiger partial charge on any atom is -0.357 e. The van der Waals surface area contributed by atoms with Crippen LogP contribution in [0.15, 0.2) is 18.2 Å². The summed E-state index contributed by atoms with van der Waals surface area (Å²) in [6.45, 7) is 3.08. The number of aromatic nitrogens is 1. The highest BCUT2D eigenvalue weighted by atomic mass is 35.5. The summed E-state index contributed by atoms with van der Waals surface area (Å²) >= 11 is 6.13. The van der Waals surface area contributed by atoms with Crippen molar-refractivity contribution in [2.24, 2.45) is 0 Å². The number of nitrogens with one attached hydrogen (secondary N) is 2. The second-order valence-corrected chi connectivity index (χ2v) is 4.15. The molecule has 3 heteroatoms. The lowest BCUT2D eigenvalue weighted by Gasteiger charge is -2.00. The minimum absolute atomic E-state index is 0.798. The van der Waals surface area contributed by atoms with Gasteiger partial charge in [-0.1, -0.05) is 23.7 Å². The number of hydrogen-bond donors (Lipinski definition) is 2. The number of aromatic amines is 1. The molecule has 0 bridgehead atoms. The van der Waals surface area contributed by atoms with Crippen LogP contribution in [0, 0.1) is 6.92 Å². The van der Waals surface area contributed by atoms with E-state index in [9.17, 15) is 0 Å². The van der Waals surface area contributed by atoms with Gasteiger partial charge in [0, 0.05) is 11.1 Å². The molecule has 1 aromatic carbocycles. The second kappa shape index (κ2) is 4.25. The van der Waals surface area contributed by atoms with Gasteiger partial charge in [-0.2, -0.15) is 0 Å². The topological polar surface area (TPSA) is 27.8 Å². The molecule has 0 saturated heterocycles. The molecule has 0 fully saturated rings. The largest absolute Gasteiger partial charge is 0.357 e. The van der Waals surface area contributed by atoms with Gasteiger partial charge in [-0.25, -0.2) is 0 Å². The monoisotopic (exact) mass is 222 g/mol.